The summed E-state index contributed by atoms with van der Waals surface area (Å²) in [5.41, 5.74) is 0. The topological polar surface area (TPSA) is 77.0 Å². The predicted molar refractivity (Wildman–Crippen MR) is 101 cm³/mol. The lowest BCUT2D eigenvalue weighted by molar-refractivity contribution is 0.315. The average molecular weight is 372 g/mol. The number of guanidine groups is 1. The molecule has 0 amide bonds. The molecule has 8 heteroatoms. The fourth-order valence-corrected chi connectivity index (χ4v) is 4.81. The highest BCUT2D eigenvalue weighted by molar-refractivity contribution is 7.88. The molecule has 7 nitrogen and oxygen atoms in total. The second-order valence-electron chi connectivity index (χ2n) is 7.91. The molecule has 3 aliphatic rings. The summed E-state index contributed by atoms with van der Waals surface area (Å²) in [4.78, 5) is 7.35. The summed E-state index contributed by atoms with van der Waals surface area (Å²) in [7, 11) is -3.07. The Hall–Kier alpha value is -0.860. The van der Waals surface area contributed by atoms with Gasteiger partial charge in [-0.1, -0.05) is 6.92 Å². The smallest absolute Gasteiger partial charge is 0.211 e. The van der Waals surface area contributed by atoms with E-state index in [2.05, 4.69) is 29.4 Å². The van der Waals surface area contributed by atoms with E-state index >= 15 is 0 Å². The molecular weight excluding hydrogens is 338 g/mol. The Morgan fingerprint density at radius 2 is 1.96 bits per heavy atom. The second-order valence-corrected chi connectivity index (χ2v) is 9.89. The van der Waals surface area contributed by atoms with Crippen molar-refractivity contribution in [1.29, 1.82) is 0 Å². The molecule has 1 aliphatic carbocycles. The largest absolute Gasteiger partial charge is 0.357 e. The van der Waals surface area contributed by atoms with Crippen LogP contribution < -0.4 is 10.6 Å². The van der Waals surface area contributed by atoms with Crippen molar-refractivity contribution in [3.8, 4) is 0 Å². The van der Waals surface area contributed by atoms with Gasteiger partial charge in [0.2, 0.25) is 10.0 Å². The molecule has 3 fully saturated rings. The van der Waals surface area contributed by atoms with Gasteiger partial charge in [-0.2, -0.15) is 0 Å². The Morgan fingerprint density at radius 3 is 2.56 bits per heavy atom. The van der Waals surface area contributed by atoms with Gasteiger partial charge in [-0.05, 0) is 38.0 Å². The van der Waals surface area contributed by atoms with Crippen molar-refractivity contribution in [2.75, 3.05) is 45.5 Å². The first kappa shape index (κ1) is 18.9. The third-order valence-electron chi connectivity index (χ3n) is 5.60. The van der Waals surface area contributed by atoms with Crippen LogP contribution in [-0.2, 0) is 10.0 Å². The number of nitrogens with one attached hydrogen (secondary N) is 2. The zero-order valence-corrected chi connectivity index (χ0v) is 16.6. The van der Waals surface area contributed by atoms with Gasteiger partial charge in [0.15, 0.2) is 5.96 Å². The average Bonchev–Trinajstić information content (AvgIpc) is 3.16. The molecule has 3 rings (SSSR count). The normalized spacial score (nSPS) is 32.3. The predicted octanol–water partition coefficient (Wildman–Crippen LogP) is 0.306. The third kappa shape index (κ3) is 5.08. The SMILES string of the molecule is CCNC(=NCC1CCN(S(C)(=O)=O)C1)NC1CN(C2CC2)CC1C. The number of hydrogen-bond donors (Lipinski definition) is 2. The van der Waals surface area contributed by atoms with E-state index in [-0.39, 0.29) is 0 Å². The molecule has 3 unspecified atom stereocenters. The summed E-state index contributed by atoms with van der Waals surface area (Å²) < 4.78 is 24.8. The van der Waals surface area contributed by atoms with Crippen molar-refractivity contribution in [2.24, 2.45) is 16.8 Å². The molecule has 2 heterocycles. The minimum Gasteiger partial charge on any atom is -0.357 e. The molecule has 0 aromatic rings. The summed E-state index contributed by atoms with van der Waals surface area (Å²) in [6.45, 7) is 9.39. The van der Waals surface area contributed by atoms with E-state index in [1.807, 2.05) is 0 Å². The van der Waals surface area contributed by atoms with Gasteiger partial charge in [0.1, 0.15) is 0 Å². The molecule has 0 aromatic carbocycles. The molecule has 2 N–H and O–H groups in total. The molecule has 144 valence electrons. The minimum absolute atomic E-state index is 0.314. The van der Waals surface area contributed by atoms with E-state index in [1.165, 1.54) is 25.6 Å². The van der Waals surface area contributed by atoms with Crippen LogP contribution in [0.5, 0.6) is 0 Å². The van der Waals surface area contributed by atoms with Crippen molar-refractivity contribution in [1.82, 2.24) is 19.8 Å². The Labute approximate surface area is 152 Å². The molecule has 0 aromatic heterocycles. The molecule has 1 saturated carbocycles. The van der Waals surface area contributed by atoms with Gasteiger partial charge >= 0.3 is 0 Å². The van der Waals surface area contributed by atoms with Crippen molar-refractivity contribution in [3.05, 3.63) is 0 Å². The first-order valence-electron chi connectivity index (χ1n) is 9.60. The summed E-state index contributed by atoms with van der Waals surface area (Å²) >= 11 is 0. The minimum atomic E-state index is -3.07. The Morgan fingerprint density at radius 1 is 1.20 bits per heavy atom. The number of aliphatic imine (C=N–C) groups is 1. The lowest BCUT2D eigenvalue weighted by Crippen LogP contribution is -2.46. The quantitative estimate of drug-likeness (QED) is 0.519. The molecule has 3 atom stereocenters. The molecule has 25 heavy (non-hydrogen) atoms. The summed E-state index contributed by atoms with van der Waals surface area (Å²) in [6, 6.07) is 1.25. The van der Waals surface area contributed by atoms with E-state index in [0.29, 0.717) is 37.5 Å². The van der Waals surface area contributed by atoms with Gasteiger partial charge in [-0.25, -0.2) is 12.7 Å². The number of hydrogen-bond acceptors (Lipinski definition) is 4. The fourth-order valence-electron chi connectivity index (χ4n) is 3.89. The Kier molecular flexibility index (Phi) is 5.90. The van der Waals surface area contributed by atoms with E-state index in [4.69, 9.17) is 4.99 Å². The number of likely N-dealkylation sites (tertiary alicyclic amines) is 1. The molecule has 2 aliphatic heterocycles. The molecule has 2 saturated heterocycles. The van der Waals surface area contributed by atoms with Crippen LogP contribution in [0.3, 0.4) is 0 Å². The molecule has 0 spiro atoms. The highest BCUT2D eigenvalue weighted by atomic mass is 32.2. The van der Waals surface area contributed by atoms with E-state index in [0.717, 1.165) is 31.5 Å². The first-order chi connectivity index (χ1) is 11.9. The molecule has 0 radical (unpaired) electrons. The van der Waals surface area contributed by atoms with Gasteiger partial charge in [-0.3, -0.25) is 9.89 Å². The maximum atomic E-state index is 11.6. The summed E-state index contributed by atoms with van der Waals surface area (Å²) in [6.07, 6.45) is 4.89. The second kappa shape index (κ2) is 7.80. The van der Waals surface area contributed by atoms with E-state index in [1.54, 1.807) is 4.31 Å². The highest BCUT2D eigenvalue weighted by Gasteiger charge is 2.38. The lowest BCUT2D eigenvalue weighted by Gasteiger charge is -2.21. The van der Waals surface area contributed by atoms with Crippen LogP contribution in [0, 0.1) is 11.8 Å². The Bertz CT molecular complexity index is 590. The zero-order valence-electron chi connectivity index (χ0n) is 15.7. The maximum absolute atomic E-state index is 11.6. The van der Waals surface area contributed by atoms with Gasteiger partial charge in [0.05, 0.1) is 6.26 Å². The standard InChI is InChI=1S/C17H33N5O2S/c1-4-18-17(19-9-14-7-8-22(11-14)25(3,23)24)20-16-12-21(10-13(16)2)15-5-6-15/h13-16H,4-12H2,1-3H3,(H2,18,19,20). The van der Waals surface area contributed by atoms with Crippen LogP contribution in [0.4, 0.5) is 0 Å². The Balaban J connectivity index is 1.53. The van der Waals surface area contributed by atoms with Crippen molar-refractivity contribution < 1.29 is 8.42 Å². The van der Waals surface area contributed by atoms with Crippen molar-refractivity contribution in [2.45, 2.75) is 45.2 Å². The molecular formula is C17H33N5O2S. The summed E-state index contributed by atoms with van der Waals surface area (Å²) in [5.74, 6) is 1.81. The lowest BCUT2D eigenvalue weighted by atomic mass is 10.1. The van der Waals surface area contributed by atoms with Crippen molar-refractivity contribution >= 4 is 16.0 Å². The fraction of sp³-hybridized carbons (Fsp3) is 0.941. The van der Waals surface area contributed by atoms with Crippen LogP contribution in [0.2, 0.25) is 0 Å². The third-order valence-corrected chi connectivity index (χ3v) is 6.87. The van der Waals surface area contributed by atoms with Crippen molar-refractivity contribution in [3.63, 3.8) is 0 Å². The van der Waals surface area contributed by atoms with Crippen LogP contribution in [0.1, 0.15) is 33.1 Å². The maximum Gasteiger partial charge on any atom is 0.211 e. The monoisotopic (exact) mass is 371 g/mol. The molecule has 0 bridgehead atoms. The van der Waals surface area contributed by atoms with Gasteiger partial charge in [-0.15, -0.1) is 0 Å². The zero-order chi connectivity index (χ0) is 18.0. The van der Waals surface area contributed by atoms with E-state index < -0.39 is 10.0 Å². The van der Waals surface area contributed by atoms with Gasteiger partial charge in [0.25, 0.3) is 0 Å². The van der Waals surface area contributed by atoms with Gasteiger partial charge in [0, 0.05) is 51.4 Å². The number of rotatable bonds is 6. The highest BCUT2D eigenvalue weighted by Crippen LogP contribution is 2.31. The first-order valence-corrected chi connectivity index (χ1v) is 11.5. The van der Waals surface area contributed by atoms with E-state index in [9.17, 15) is 8.42 Å². The van der Waals surface area contributed by atoms with Crippen LogP contribution in [-0.4, -0.2) is 81.2 Å². The van der Waals surface area contributed by atoms with Gasteiger partial charge < -0.3 is 10.6 Å². The summed E-state index contributed by atoms with van der Waals surface area (Å²) in [5, 5.41) is 6.95. The van der Waals surface area contributed by atoms with Crippen LogP contribution in [0.25, 0.3) is 0 Å². The van der Waals surface area contributed by atoms with Crippen LogP contribution >= 0.6 is 0 Å². The number of sulfonamides is 1. The van der Waals surface area contributed by atoms with Crippen LogP contribution in [0.15, 0.2) is 4.99 Å². The number of nitrogens with zero attached hydrogens (tertiary/aromatic N) is 3.